The number of carbonyl (C=O) groups is 1. The van der Waals surface area contributed by atoms with E-state index in [4.69, 9.17) is 15.0 Å². The van der Waals surface area contributed by atoms with Crippen molar-refractivity contribution >= 4 is 6.47 Å². The van der Waals surface area contributed by atoms with Gasteiger partial charge in [0.15, 0.2) is 0 Å². The van der Waals surface area contributed by atoms with Crippen molar-refractivity contribution < 1.29 is 66.4 Å². The van der Waals surface area contributed by atoms with Crippen LogP contribution in [0.3, 0.4) is 0 Å². The Bertz CT molecular complexity index is 142. The Kier molecular flexibility index (Phi) is 27.3. The van der Waals surface area contributed by atoms with Crippen molar-refractivity contribution in [3.05, 3.63) is 0 Å². The van der Waals surface area contributed by atoms with Crippen molar-refractivity contribution in [3.63, 3.8) is 0 Å². The van der Waals surface area contributed by atoms with Gasteiger partial charge in [0.2, 0.25) is 0 Å². The smallest absolute Gasteiger partial charge is 0.857 e. The first-order valence-electron chi connectivity index (χ1n) is 6.77. The average molecular weight is 284 g/mol. The number of carboxylic acid groups (broad SMARTS) is 1. The van der Waals surface area contributed by atoms with Crippen molar-refractivity contribution in [2.75, 3.05) is 7.11 Å². The third-order valence-electron chi connectivity index (χ3n) is 3.61. The summed E-state index contributed by atoms with van der Waals surface area (Å²) in [6.07, 6.45) is 11.9. The summed E-state index contributed by atoms with van der Waals surface area (Å²) in [6, 6.07) is 0. The van der Waals surface area contributed by atoms with Crippen LogP contribution in [0.15, 0.2) is 0 Å². The Labute approximate surface area is 155 Å². The predicted molar refractivity (Wildman–Crippen MR) is 69.9 cm³/mol. The monoisotopic (exact) mass is 284 g/mol. The molecule has 1 saturated carbocycles. The molecule has 0 atom stereocenters. The molecule has 4 heteroatoms. The van der Waals surface area contributed by atoms with E-state index in [1.54, 1.807) is 0 Å². The van der Waals surface area contributed by atoms with Gasteiger partial charge >= 0.3 is 51.4 Å². The fourth-order valence-corrected chi connectivity index (χ4v) is 2.47. The summed E-state index contributed by atoms with van der Waals surface area (Å²) < 4.78 is 0. The van der Waals surface area contributed by atoms with Gasteiger partial charge in [0.05, 0.1) is 0 Å². The van der Waals surface area contributed by atoms with E-state index in [0.717, 1.165) is 18.9 Å². The summed E-state index contributed by atoms with van der Waals surface area (Å²) in [5, 5.41) is 15.1. The second kappa shape index (κ2) is 20.4. The van der Waals surface area contributed by atoms with Crippen LogP contribution in [0.25, 0.3) is 0 Å². The minimum absolute atomic E-state index is 0. The molecule has 3 nitrogen and oxygen atoms in total. The van der Waals surface area contributed by atoms with Crippen LogP contribution in [0.1, 0.15) is 65.2 Å². The molecule has 0 aromatic heterocycles. The molecule has 1 N–H and O–H groups in total. The van der Waals surface area contributed by atoms with E-state index in [9.17, 15) is 0 Å². The fourth-order valence-electron chi connectivity index (χ4n) is 2.47. The summed E-state index contributed by atoms with van der Waals surface area (Å²) in [5.41, 5.74) is 0. The van der Waals surface area contributed by atoms with E-state index >= 15 is 0 Å². The van der Waals surface area contributed by atoms with Crippen molar-refractivity contribution in [2.45, 2.75) is 65.2 Å². The molecular weight excluding hydrogens is 255 g/mol. The quantitative estimate of drug-likeness (QED) is 0.574. The largest absolute Gasteiger partial charge is 1.00 e. The molecule has 18 heavy (non-hydrogen) atoms. The Morgan fingerprint density at radius 1 is 1.22 bits per heavy atom. The minimum Gasteiger partial charge on any atom is -0.857 e. The second-order valence-corrected chi connectivity index (χ2v) is 4.52. The van der Waals surface area contributed by atoms with Gasteiger partial charge in [-0.1, -0.05) is 65.2 Å². The van der Waals surface area contributed by atoms with Crippen LogP contribution in [0.5, 0.6) is 0 Å². The standard InChI is InChI=1S/C12H24.CH2O2.CH3O.K/c1-3-11(4-2)9-10-12-7-5-6-8-12;2-1-3;1-2;/h11-12H,3-10H2,1-2H3;1H,(H,2,3);1H3;/q;;-1;+1. The van der Waals surface area contributed by atoms with E-state index in [2.05, 4.69) is 13.8 Å². The second-order valence-electron chi connectivity index (χ2n) is 4.52. The van der Waals surface area contributed by atoms with Gasteiger partial charge in [-0.2, -0.15) is 7.11 Å². The maximum Gasteiger partial charge on any atom is 1.00 e. The van der Waals surface area contributed by atoms with Gasteiger partial charge in [-0.15, -0.1) is 0 Å². The van der Waals surface area contributed by atoms with Crippen LogP contribution in [0, 0.1) is 11.8 Å². The summed E-state index contributed by atoms with van der Waals surface area (Å²) in [5.74, 6) is 2.12. The van der Waals surface area contributed by atoms with E-state index in [-0.39, 0.29) is 57.9 Å². The number of hydrogen-bond donors (Lipinski definition) is 1. The molecule has 1 aliphatic rings. The molecule has 0 unspecified atom stereocenters. The first-order valence-corrected chi connectivity index (χ1v) is 6.77. The maximum atomic E-state index is 8.36. The fraction of sp³-hybridized carbons (Fsp3) is 0.929. The summed E-state index contributed by atoms with van der Waals surface area (Å²) in [6.45, 7) is 4.42. The average Bonchev–Trinajstić information content (AvgIpc) is 2.87. The minimum atomic E-state index is -0.250. The summed E-state index contributed by atoms with van der Waals surface area (Å²) in [4.78, 5) is 8.36. The molecule has 104 valence electrons. The summed E-state index contributed by atoms with van der Waals surface area (Å²) in [7, 11) is 0.750. The molecule has 0 amide bonds. The van der Waals surface area contributed by atoms with E-state index in [1.807, 2.05) is 0 Å². The normalized spacial score (nSPS) is 13.8. The molecule has 1 rings (SSSR count). The van der Waals surface area contributed by atoms with Crippen molar-refractivity contribution in [3.8, 4) is 0 Å². The van der Waals surface area contributed by atoms with Crippen LogP contribution >= 0.6 is 0 Å². The molecule has 0 saturated heterocycles. The maximum absolute atomic E-state index is 8.36. The van der Waals surface area contributed by atoms with Gasteiger partial charge in [0.1, 0.15) is 0 Å². The molecule has 0 aromatic rings. The topological polar surface area (TPSA) is 60.4 Å². The van der Waals surface area contributed by atoms with Crippen molar-refractivity contribution in [2.24, 2.45) is 11.8 Å². The van der Waals surface area contributed by atoms with Gasteiger partial charge in [-0.3, -0.25) is 4.79 Å². The molecule has 0 bridgehead atoms. The van der Waals surface area contributed by atoms with Gasteiger partial charge in [0, 0.05) is 0 Å². The Balaban J connectivity index is -0.000000329. The van der Waals surface area contributed by atoms with Gasteiger partial charge < -0.3 is 10.2 Å². The van der Waals surface area contributed by atoms with Crippen LogP contribution in [-0.4, -0.2) is 18.7 Å². The number of rotatable bonds is 5. The number of hydrogen-bond acceptors (Lipinski definition) is 2. The molecule has 0 spiro atoms. The van der Waals surface area contributed by atoms with Crippen LogP contribution in [0.2, 0.25) is 0 Å². The van der Waals surface area contributed by atoms with Crippen molar-refractivity contribution in [1.82, 2.24) is 0 Å². The van der Waals surface area contributed by atoms with Gasteiger partial charge in [-0.25, -0.2) is 0 Å². The molecule has 0 heterocycles. The first-order chi connectivity index (χ1) is 8.28. The van der Waals surface area contributed by atoms with Gasteiger partial charge in [-0.05, 0) is 11.8 Å². The molecule has 1 aliphatic carbocycles. The van der Waals surface area contributed by atoms with Crippen LogP contribution in [-0.2, 0) is 4.79 Å². The molecule has 1 fully saturated rings. The zero-order valence-electron chi connectivity index (χ0n) is 12.7. The Morgan fingerprint density at radius 3 is 1.94 bits per heavy atom. The third-order valence-corrected chi connectivity index (χ3v) is 3.61. The molecular formula is C14H29KO3. The zero-order valence-corrected chi connectivity index (χ0v) is 15.8. The molecule has 0 aromatic carbocycles. The summed E-state index contributed by atoms with van der Waals surface area (Å²) >= 11 is 0. The van der Waals surface area contributed by atoms with Crippen LogP contribution < -0.4 is 56.5 Å². The van der Waals surface area contributed by atoms with Crippen molar-refractivity contribution in [1.29, 1.82) is 0 Å². The van der Waals surface area contributed by atoms with E-state index in [0.29, 0.717) is 0 Å². The van der Waals surface area contributed by atoms with E-state index < -0.39 is 0 Å². The van der Waals surface area contributed by atoms with Gasteiger partial charge in [0.25, 0.3) is 6.47 Å². The third kappa shape index (κ3) is 15.1. The first kappa shape index (κ1) is 24.1. The molecule has 0 aliphatic heterocycles. The predicted octanol–water partition coefficient (Wildman–Crippen LogP) is 0.0743. The van der Waals surface area contributed by atoms with Crippen LogP contribution in [0.4, 0.5) is 0 Å². The Hall–Kier alpha value is 1.07. The molecule has 0 radical (unpaired) electrons. The Morgan fingerprint density at radius 2 is 1.61 bits per heavy atom. The SMILES string of the molecule is CCC(CC)CCC1CCCC1.C[O-].O=CO.[K+]. The van der Waals surface area contributed by atoms with E-state index in [1.165, 1.54) is 51.4 Å². The zero-order chi connectivity index (χ0) is 13.5.